The molecule has 24 heavy (non-hydrogen) atoms. The van der Waals surface area contributed by atoms with Crippen molar-refractivity contribution in [2.24, 2.45) is 0 Å². The standard InChI is InChI=1S/C18H19ClN4O/c1-13(20-18(24)12-23-11-17(19)14(2)21-23)15-6-5-7-16(10-15)22-8-3-4-9-22/h3-11,13H,12H2,1-2H3,(H,20,24). The maximum absolute atomic E-state index is 12.2. The van der Waals surface area contributed by atoms with Gasteiger partial charge in [0.25, 0.3) is 0 Å². The number of halogens is 1. The topological polar surface area (TPSA) is 51.9 Å². The summed E-state index contributed by atoms with van der Waals surface area (Å²) in [5.41, 5.74) is 2.83. The lowest BCUT2D eigenvalue weighted by atomic mass is 10.1. The van der Waals surface area contributed by atoms with Crippen molar-refractivity contribution in [3.8, 4) is 5.69 Å². The summed E-state index contributed by atoms with van der Waals surface area (Å²) in [6.45, 7) is 3.93. The number of rotatable bonds is 5. The molecule has 3 aromatic rings. The summed E-state index contributed by atoms with van der Waals surface area (Å²) < 4.78 is 3.59. The molecule has 1 N–H and O–H groups in total. The first-order chi connectivity index (χ1) is 11.5. The van der Waals surface area contributed by atoms with E-state index in [2.05, 4.69) is 16.5 Å². The van der Waals surface area contributed by atoms with Gasteiger partial charge in [0, 0.05) is 24.3 Å². The predicted octanol–water partition coefficient (Wildman–Crippen LogP) is 3.51. The number of aromatic nitrogens is 3. The first-order valence-corrected chi connectivity index (χ1v) is 8.13. The molecule has 1 amide bonds. The van der Waals surface area contributed by atoms with Gasteiger partial charge >= 0.3 is 0 Å². The van der Waals surface area contributed by atoms with Crippen molar-refractivity contribution in [2.45, 2.75) is 26.4 Å². The first kappa shape index (κ1) is 16.3. The van der Waals surface area contributed by atoms with E-state index < -0.39 is 0 Å². The van der Waals surface area contributed by atoms with Gasteiger partial charge in [-0.2, -0.15) is 5.10 Å². The Morgan fingerprint density at radius 1 is 1.29 bits per heavy atom. The van der Waals surface area contributed by atoms with Gasteiger partial charge in [0.15, 0.2) is 0 Å². The number of nitrogens with one attached hydrogen (secondary N) is 1. The Hall–Kier alpha value is -2.53. The summed E-state index contributed by atoms with van der Waals surface area (Å²) >= 11 is 5.96. The van der Waals surface area contributed by atoms with Crippen LogP contribution in [0.2, 0.25) is 5.02 Å². The Morgan fingerprint density at radius 3 is 2.71 bits per heavy atom. The predicted molar refractivity (Wildman–Crippen MR) is 94.3 cm³/mol. The first-order valence-electron chi connectivity index (χ1n) is 7.75. The molecule has 0 bridgehead atoms. The van der Waals surface area contributed by atoms with Crippen LogP contribution in [0.3, 0.4) is 0 Å². The summed E-state index contributed by atoms with van der Waals surface area (Å²) in [7, 11) is 0. The van der Waals surface area contributed by atoms with E-state index in [0.29, 0.717) is 5.02 Å². The molecule has 1 unspecified atom stereocenters. The number of carbonyl (C=O) groups excluding carboxylic acids is 1. The number of carbonyl (C=O) groups is 1. The van der Waals surface area contributed by atoms with E-state index in [0.717, 1.165) is 16.9 Å². The monoisotopic (exact) mass is 342 g/mol. The second-order valence-corrected chi connectivity index (χ2v) is 6.14. The number of nitrogens with zero attached hydrogens (tertiary/aromatic N) is 3. The van der Waals surface area contributed by atoms with Crippen LogP contribution in [0.1, 0.15) is 24.2 Å². The Bertz CT molecular complexity index is 819. The number of aryl methyl sites for hydroxylation is 1. The van der Waals surface area contributed by atoms with E-state index >= 15 is 0 Å². The van der Waals surface area contributed by atoms with Gasteiger partial charge in [-0.1, -0.05) is 23.7 Å². The molecule has 0 aliphatic carbocycles. The molecule has 0 radical (unpaired) electrons. The molecule has 2 heterocycles. The lowest BCUT2D eigenvalue weighted by Gasteiger charge is -2.16. The van der Waals surface area contributed by atoms with Crippen LogP contribution < -0.4 is 5.32 Å². The van der Waals surface area contributed by atoms with Crippen LogP contribution in [-0.4, -0.2) is 20.3 Å². The number of hydrogen-bond donors (Lipinski definition) is 1. The lowest BCUT2D eigenvalue weighted by molar-refractivity contribution is -0.122. The summed E-state index contributed by atoms with van der Waals surface area (Å²) in [6.07, 6.45) is 5.64. The van der Waals surface area contributed by atoms with Gasteiger partial charge in [-0.3, -0.25) is 9.48 Å². The minimum absolute atomic E-state index is 0.0971. The summed E-state index contributed by atoms with van der Waals surface area (Å²) in [4.78, 5) is 12.2. The molecule has 2 aromatic heterocycles. The fourth-order valence-electron chi connectivity index (χ4n) is 2.55. The van der Waals surface area contributed by atoms with Crippen molar-refractivity contribution in [1.82, 2.24) is 19.7 Å². The largest absolute Gasteiger partial charge is 0.348 e. The molecular formula is C18H19ClN4O. The highest BCUT2D eigenvalue weighted by atomic mass is 35.5. The van der Waals surface area contributed by atoms with Crippen LogP contribution in [0.25, 0.3) is 5.69 Å². The van der Waals surface area contributed by atoms with Crippen molar-refractivity contribution >= 4 is 17.5 Å². The smallest absolute Gasteiger partial charge is 0.242 e. The average molecular weight is 343 g/mol. The van der Waals surface area contributed by atoms with Crippen LogP contribution >= 0.6 is 11.6 Å². The molecule has 0 fully saturated rings. The van der Waals surface area contributed by atoms with Crippen LogP contribution in [0.4, 0.5) is 0 Å². The van der Waals surface area contributed by atoms with Gasteiger partial charge in [-0.05, 0) is 43.7 Å². The Balaban J connectivity index is 1.67. The molecule has 6 heteroatoms. The zero-order chi connectivity index (χ0) is 17.1. The highest BCUT2D eigenvalue weighted by Crippen LogP contribution is 2.17. The molecule has 0 aliphatic rings. The van der Waals surface area contributed by atoms with Gasteiger partial charge in [-0.15, -0.1) is 0 Å². The molecular weight excluding hydrogens is 324 g/mol. The Kier molecular flexibility index (Phi) is 4.71. The maximum Gasteiger partial charge on any atom is 0.242 e. The molecule has 0 spiro atoms. The Labute approximate surface area is 145 Å². The van der Waals surface area contributed by atoms with Crippen molar-refractivity contribution in [3.63, 3.8) is 0 Å². The number of hydrogen-bond acceptors (Lipinski definition) is 2. The number of benzene rings is 1. The number of amides is 1. The van der Waals surface area contributed by atoms with Crippen LogP contribution in [-0.2, 0) is 11.3 Å². The third kappa shape index (κ3) is 3.68. The molecule has 0 saturated heterocycles. The van der Waals surface area contributed by atoms with Crippen molar-refractivity contribution in [3.05, 3.63) is 71.3 Å². The van der Waals surface area contributed by atoms with Crippen molar-refractivity contribution in [2.75, 3.05) is 0 Å². The van der Waals surface area contributed by atoms with E-state index in [1.807, 2.05) is 61.1 Å². The lowest BCUT2D eigenvalue weighted by Crippen LogP contribution is -2.30. The highest BCUT2D eigenvalue weighted by molar-refractivity contribution is 6.31. The van der Waals surface area contributed by atoms with Gasteiger partial charge in [0.2, 0.25) is 5.91 Å². The second-order valence-electron chi connectivity index (χ2n) is 5.73. The fraction of sp³-hybridized carbons (Fsp3) is 0.222. The minimum atomic E-state index is -0.104. The molecule has 124 valence electrons. The molecule has 0 saturated carbocycles. The maximum atomic E-state index is 12.2. The molecule has 1 aromatic carbocycles. The Morgan fingerprint density at radius 2 is 2.04 bits per heavy atom. The zero-order valence-electron chi connectivity index (χ0n) is 13.6. The van der Waals surface area contributed by atoms with Crippen molar-refractivity contribution < 1.29 is 4.79 Å². The molecule has 5 nitrogen and oxygen atoms in total. The quantitative estimate of drug-likeness (QED) is 0.771. The summed E-state index contributed by atoms with van der Waals surface area (Å²) in [6, 6.07) is 12.0. The van der Waals surface area contributed by atoms with Crippen molar-refractivity contribution in [1.29, 1.82) is 0 Å². The average Bonchev–Trinajstić information content (AvgIpc) is 3.18. The van der Waals surface area contributed by atoms with E-state index in [9.17, 15) is 4.79 Å². The SMILES string of the molecule is Cc1nn(CC(=O)NC(C)c2cccc(-n3cccc3)c2)cc1Cl. The van der Waals surface area contributed by atoms with Gasteiger partial charge in [-0.25, -0.2) is 0 Å². The second kappa shape index (κ2) is 6.93. The van der Waals surface area contributed by atoms with E-state index in [1.165, 1.54) is 0 Å². The molecule has 0 aliphatic heterocycles. The third-order valence-corrected chi connectivity index (χ3v) is 4.21. The van der Waals surface area contributed by atoms with Gasteiger partial charge in [0.05, 0.1) is 16.8 Å². The third-order valence-electron chi connectivity index (χ3n) is 3.84. The van der Waals surface area contributed by atoms with Crippen LogP contribution in [0.15, 0.2) is 55.0 Å². The summed E-state index contributed by atoms with van der Waals surface area (Å²) in [5, 5.41) is 7.76. The highest BCUT2D eigenvalue weighted by Gasteiger charge is 2.12. The van der Waals surface area contributed by atoms with E-state index in [-0.39, 0.29) is 18.5 Å². The molecule has 3 rings (SSSR count). The van der Waals surface area contributed by atoms with Crippen LogP contribution in [0.5, 0.6) is 0 Å². The van der Waals surface area contributed by atoms with E-state index in [1.54, 1.807) is 10.9 Å². The normalized spacial score (nSPS) is 12.1. The van der Waals surface area contributed by atoms with Crippen LogP contribution in [0, 0.1) is 6.92 Å². The van der Waals surface area contributed by atoms with E-state index in [4.69, 9.17) is 11.6 Å². The van der Waals surface area contributed by atoms with Gasteiger partial charge in [0.1, 0.15) is 6.54 Å². The minimum Gasteiger partial charge on any atom is -0.348 e. The summed E-state index contributed by atoms with van der Waals surface area (Å²) in [5.74, 6) is -0.104. The fourth-order valence-corrected chi connectivity index (χ4v) is 2.70. The zero-order valence-corrected chi connectivity index (χ0v) is 14.4. The molecule has 1 atom stereocenters. The van der Waals surface area contributed by atoms with Gasteiger partial charge < -0.3 is 9.88 Å².